The summed E-state index contributed by atoms with van der Waals surface area (Å²) in [5.74, 6) is 2.26. The highest BCUT2D eigenvalue weighted by Crippen LogP contribution is 2.17. The van der Waals surface area contributed by atoms with Crippen LogP contribution in [-0.4, -0.2) is 41.2 Å². The van der Waals surface area contributed by atoms with Crippen molar-refractivity contribution in [3.05, 3.63) is 64.7 Å². The molecule has 1 aliphatic rings. The van der Waals surface area contributed by atoms with Gasteiger partial charge in [-0.15, -0.1) is 0 Å². The first-order chi connectivity index (χ1) is 13.5. The van der Waals surface area contributed by atoms with E-state index >= 15 is 0 Å². The quantitative estimate of drug-likeness (QED) is 0.702. The number of rotatable bonds is 7. The van der Waals surface area contributed by atoms with Gasteiger partial charge in [0, 0.05) is 55.2 Å². The number of nitrogens with one attached hydrogen (secondary N) is 1. The van der Waals surface area contributed by atoms with E-state index < -0.39 is 0 Å². The molecule has 2 aromatic carbocycles. The lowest BCUT2D eigenvalue weighted by Gasteiger charge is -2.26. The molecule has 0 unspecified atom stereocenters. The summed E-state index contributed by atoms with van der Waals surface area (Å²) in [4.78, 5) is 27.1. The summed E-state index contributed by atoms with van der Waals surface area (Å²) in [5, 5.41) is 2.93. The van der Waals surface area contributed by atoms with Gasteiger partial charge in [-0.25, -0.2) is 0 Å². The second-order valence-corrected chi connectivity index (χ2v) is 8.58. The van der Waals surface area contributed by atoms with Crippen LogP contribution in [0, 0.1) is 13.8 Å². The third kappa shape index (κ3) is 5.94. The summed E-state index contributed by atoms with van der Waals surface area (Å²) in [6, 6.07) is 13.7. The monoisotopic (exact) mass is 396 g/mol. The van der Waals surface area contributed by atoms with Gasteiger partial charge in [0.1, 0.15) is 0 Å². The van der Waals surface area contributed by atoms with Crippen molar-refractivity contribution in [2.45, 2.75) is 33.2 Å². The Bertz CT molecular complexity index is 844. The van der Waals surface area contributed by atoms with Crippen LogP contribution in [0.2, 0.25) is 0 Å². The Labute approximate surface area is 171 Å². The molecule has 0 radical (unpaired) electrons. The van der Waals surface area contributed by atoms with E-state index in [1.54, 1.807) is 0 Å². The van der Waals surface area contributed by atoms with Gasteiger partial charge >= 0.3 is 0 Å². The van der Waals surface area contributed by atoms with E-state index in [4.69, 9.17) is 0 Å². The van der Waals surface area contributed by atoms with Crippen molar-refractivity contribution in [2.75, 3.05) is 29.9 Å². The zero-order chi connectivity index (χ0) is 19.9. The molecule has 0 saturated carbocycles. The lowest BCUT2D eigenvalue weighted by Crippen LogP contribution is -2.31. The number of hydrogen-bond acceptors (Lipinski definition) is 4. The van der Waals surface area contributed by atoms with Crippen LogP contribution in [0.25, 0.3) is 0 Å². The van der Waals surface area contributed by atoms with Crippen molar-refractivity contribution in [3.63, 3.8) is 0 Å². The molecule has 0 spiro atoms. The number of nitrogens with zero attached hydrogens (tertiary/aromatic N) is 1. The molecule has 0 bridgehead atoms. The van der Waals surface area contributed by atoms with E-state index in [9.17, 15) is 9.59 Å². The molecular weight excluding hydrogens is 368 g/mol. The average molecular weight is 397 g/mol. The van der Waals surface area contributed by atoms with Gasteiger partial charge < -0.3 is 5.32 Å². The largest absolute Gasteiger partial charge is 0.326 e. The van der Waals surface area contributed by atoms with Crippen LogP contribution in [0.1, 0.15) is 39.9 Å². The van der Waals surface area contributed by atoms with E-state index in [0.717, 1.165) is 36.4 Å². The van der Waals surface area contributed by atoms with Gasteiger partial charge in [-0.3, -0.25) is 14.5 Å². The maximum Gasteiger partial charge on any atom is 0.224 e. The Morgan fingerprint density at radius 1 is 1.00 bits per heavy atom. The van der Waals surface area contributed by atoms with Crippen LogP contribution < -0.4 is 5.32 Å². The van der Waals surface area contributed by atoms with Crippen LogP contribution in [0.5, 0.6) is 0 Å². The summed E-state index contributed by atoms with van der Waals surface area (Å²) in [6.45, 7) is 7.16. The lowest BCUT2D eigenvalue weighted by atomic mass is 10.0. The zero-order valence-electron chi connectivity index (χ0n) is 16.7. The molecule has 28 heavy (non-hydrogen) atoms. The minimum atomic E-state index is -0.122. The van der Waals surface area contributed by atoms with Gasteiger partial charge in [-0.1, -0.05) is 24.3 Å². The number of benzene rings is 2. The highest BCUT2D eigenvalue weighted by atomic mass is 32.2. The predicted molar refractivity (Wildman–Crippen MR) is 117 cm³/mol. The fourth-order valence-corrected chi connectivity index (χ4v) is 4.25. The molecule has 1 saturated heterocycles. The first-order valence-corrected chi connectivity index (χ1v) is 11.0. The van der Waals surface area contributed by atoms with Gasteiger partial charge in [0.15, 0.2) is 5.78 Å². The van der Waals surface area contributed by atoms with Crippen molar-refractivity contribution in [3.8, 4) is 0 Å². The summed E-state index contributed by atoms with van der Waals surface area (Å²) in [6.07, 6.45) is 0.415. The summed E-state index contributed by atoms with van der Waals surface area (Å²) < 4.78 is 0. The van der Waals surface area contributed by atoms with Gasteiger partial charge in [0.2, 0.25) is 5.91 Å². The SMILES string of the molecule is Cc1ccc(C(=O)CCC(=O)Nc2cccc(CN3CCSCC3)c2)cc1C. The van der Waals surface area contributed by atoms with Gasteiger partial charge in [0.05, 0.1) is 0 Å². The summed E-state index contributed by atoms with van der Waals surface area (Å²) in [5.41, 5.74) is 4.94. The summed E-state index contributed by atoms with van der Waals surface area (Å²) >= 11 is 2.00. The Balaban J connectivity index is 1.50. The number of Topliss-reactive ketones (excluding diaryl/α,β-unsaturated/α-hetero) is 1. The van der Waals surface area contributed by atoms with Crippen molar-refractivity contribution >= 4 is 29.1 Å². The Morgan fingerprint density at radius 3 is 2.54 bits per heavy atom. The zero-order valence-corrected chi connectivity index (χ0v) is 17.5. The first kappa shape index (κ1) is 20.6. The second-order valence-electron chi connectivity index (χ2n) is 7.36. The van der Waals surface area contributed by atoms with Gasteiger partial charge in [-0.05, 0) is 48.7 Å². The molecule has 1 fully saturated rings. The third-order valence-electron chi connectivity index (χ3n) is 5.13. The second kappa shape index (κ2) is 9.89. The number of ketones is 1. The topological polar surface area (TPSA) is 49.4 Å². The molecule has 0 aliphatic carbocycles. The number of aryl methyl sites for hydroxylation is 2. The fraction of sp³-hybridized carbons (Fsp3) is 0.391. The molecule has 4 nitrogen and oxygen atoms in total. The van der Waals surface area contributed by atoms with Gasteiger partial charge in [0.25, 0.3) is 0 Å². The summed E-state index contributed by atoms with van der Waals surface area (Å²) in [7, 11) is 0. The van der Waals surface area contributed by atoms with Crippen molar-refractivity contribution in [1.82, 2.24) is 4.90 Å². The molecule has 1 heterocycles. The molecule has 0 atom stereocenters. The average Bonchev–Trinajstić information content (AvgIpc) is 2.69. The Hall–Kier alpha value is -2.11. The molecule has 1 N–H and O–H groups in total. The molecule has 0 aromatic heterocycles. The van der Waals surface area contributed by atoms with Gasteiger partial charge in [-0.2, -0.15) is 11.8 Å². The maximum atomic E-state index is 12.4. The number of carbonyl (C=O) groups excluding carboxylic acids is 2. The maximum absolute atomic E-state index is 12.4. The molecule has 148 valence electrons. The van der Waals surface area contributed by atoms with E-state index in [0.29, 0.717) is 5.56 Å². The normalized spacial score (nSPS) is 14.6. The fourth-order valence-electron chi connectivity index (χ4n) is 3.27. The molecule has 1 aliphatic heterocycles. The first-order valence-electron chi connectivity index (χ1n) is 9.80. The Kier molecular flexibility index (Phi) is 7.29. The van der Waals surface area contributed by atoms with E-state index in [1.165, 1.54) is 17.1 Å². The number of hydrogen-bond donors (Lipinski definition) is 1. The van der Waals surface area contributed by atoms with Crippen LogP contribution in [0.4, 0.5) is 5.69 Å². The van der Waals surface area contributed by atoms with Crippen molar-refractivity contribution in [2.24, 2.45) is 0 Å². The smallest absolute Gasteiger partial charge is 0.224 e. The minimum absolute atomic E-state index is 0.00923. The van der Waals surface area contributed by atoms with Crippen LogP contribution in [-0.2, 0) is 11.3 Å². The number of amides is 1. The van der Waals surface area contributed by atoms with Crippen molar-refractivity contribution in [1.29, 1.82) is 0 Å². The minimum Gasteiger partial charge on any atom is -0.326 e. The standard InChI is InChI=1S/C23H28N2O2S/c1-17-6-7-20(14-18(17)2)22(26)8-9-23(27)24-21-5-3-4-19(15-21)16-25-10-12-28-13-11-25/h3-7,14-15H,8-13,16H2,1-2H3,(H,24,27). The lowest BCUT2D eigenvalue weighted by molar-refractivity contribution is -0.116. The highest BCUT2D eigenvalue weighted by Gasteiger charge is 2.12. The molecule has 1 amide bonds. The highest BCUT2D eigenvalue weighted by molar-refractivity contribution is 7.99. The number of anilines is 1. The predicted octanol–water partition coefficient (Wildman–Crippen LogP) is 4.45. The molecule has 2 aromatic rings. The molecule has 3 rings (SSSR count). The molecular formula is C23H28N2O2S. The van der Waals surface area contributed by atoms with E-state index in [1.807, 2.05) is 62.0 Å². The van der Waals surface area contributed by atoms with Crippen LogP contribution in [0.3, 0.4) is 0 Å². The molecule has 5 heteroatoms. The number of carbonyl (C=O) groups is 2. The van der Waals surface area contributed by atoms with Crippen LogP contribution >= 0.6 is 11.8 Å². The Morgan fingerprint density at radius 2 is 1.79 bits per heavy atom. The number of thioether (sulfide) groups is 1. The third-order valence-corrected chi connectivity index (χ3v) is 6.07. The van der Waals surface area contributed by atoms with E-state index in [-0.39, 0.29) is 24.5 Å². The van der Waals surface area contributed by atoms with Crippen molar-refractivity contribution < 1.29 is 9.59 Å². The van der Waals surface area contributed by atoms with E-state index in [2.05, 4.69) is 16.3 Å². The van der Waals surface area contributed by atoms with Crippen LogP contribution in [0.15, 0.2) is 42.5 Å².